The minimum atomic E-state index is 0.592. The molecule has 1 heterocycles. The molecule has 0 aliphatic heterocycles. The van der Waals surface area contributed by atoms with Crippen LogP contribution < -0.4 is 5.32 Å². The zero-order valence-electron chi connectivity index (χ0n) is 10.9. The van der Waals surface area contributed by atoms with Crippen molar-refractivity contribution in [3.8, 4) is 6.07 Å². The number of hydrogen-bond donors (Lipinski definition) is 1. The first-order valence-corrected chi connectivity index (χ1v) is 5.69. The summed E-state index contributed by atoms with van der Waals surface area (Å²) in [6.45, 7) is 5.56. The Bertz CT molecular complexity index is 420. The minimum Gasteiger partial charge on any atom is -0.367 e. The number of nitrogens with one attached hydrogen (secondary N) is 1. The van der Waals surface area contributed by atoms with Gasteiger partial charge in [-0.3, -0.25) is 0 Å². The molecule has 92 valence electrons. The van der Waals surface area contributed by atoms with Crippen molar-refractivity contribution >= 4 is 5.82 Å². The molecule has 0 unspecified atom stereocenters. The fraction of sp³-hybridized carbons (Fsp3) is 0.583. The molecule has 1 N–H and O–H groups in total. The van der Waals surface area contributed by atoms with Crippen LogP contribution in [-0.4, -0.2) is 42.3 Å². The molecule has 17 heavy (non-hydrogen) atoms. The summed E-state index contributed by atoms with van der Waals surface area (Å²) in [7, 11) is 4.08. The molecule has 0 saturated carbocycles. The lowest BCUT2D eigenvalue weighted by Gasteiger charge is -2.11. The molecule has 1 rings (SSSR count). The summed E-state index contributed by atoms with van der Waals surface area (Å²) in [6, 6.07) is 2.18. The molecule has 5 nitrogen and oxygen atoms in total. The molecule has 0 aromatic carbocycles. The highest BCUT2D eigenvalue weighted by Gasteiger charge is 2.09. The maximum absolute atomic E-state index is 9.10. The quantitative estimate of drug-likeness (QED) is 0.777. The predicted octanol–water partition coefficient (Wildman–Crippen LogP) is 1.33. The van der Waals surface area contributed by atoms with E-state index in [9.17, 15) is 0 Å². The Kier molecular flexibility index (Phi) is 4.85. The van der Waals surface area contributed by atoms with Gasteiger partial charge in [0.25, 0.3) is 0 Å². The molecule has 0 aliphatic rings. The fourth-order valence-electron chi connectivity index (χ4n) is 1.47. The van der Waals surface area contributed by atoms with Crippen LogP contribution in [0, 0.1) is 25.2 Å². The van der Waals surface area contributed by atoms with E-state index in [4.69, 9.17) is 5.26 Å². The molecule has 1 aromatic heterocycles. The van der Waals surface area contributed by atoms with Crippen LogP contribution in [0.1, 0.15) is 23.2 Å². The first-order valence-electron chi connectivity index (χ1n) is 5.69. The van der Waals surface area contributed by atoms with E-state index in [1.807, 2.05) is 27.9 Å². The number of rotatable bonds is 5. The molecule has 1 aromatic rings. The van der Waals surface area contributed by atoms with Crippen molar-refractivity contribution in [2.75, 3.05) is 32.5 Å². The number of aryl methyl sites for hydroxylation is 1. The third kappa shape index (κ3) is 3.68. The van der Waals surface area contributed by atoms with Crippen molar-refractivity contribution in [3.05, 3.63) is 16.8 Å². The second kappa shape index (κ2) is 6.16. The molecule has 0 radical (unpaired) electrons. The summed E-state index contributed by atoms with van der Waals surface area (Å²) in [5.41, 5.74) is 2.31. The van der Waals surface area contributed by atoms with Crippen molar-refractivity contribution < 1.29 is 0 Å². The Morgan fingerprint density at radius 3 is 2.59 bits per heavy atom. The van der Waals surface area contributed by atoms with Crippen LogP contribution in [0.5, 0.6) is 0 Å². The van der Waals surface area contributed by atoms with E-state index < -0.39 is 0 Å². The molecule has 0 atom stereocenters. The maximum atomic E-state index is 9.10. The van der Waals surface area contributed by atoms with Gasteiger partial charge in [0.1, 0.15) is 11.6 Å². The number of aromatic nitrogens is 2. The van der Waals surface area contributed by atoms with Crippen molar-refractivity contribution in [2.45, 2.75) is 20.3 Å². The normalized spacial score (nSPS) is 10.4. The van der Waals surface area contributed by atoms with Crippen molar-refractivity contribution in [1.29, 1.82) is 5.26 Å². The van der Waals surface area contributed by atoms with E-state index in [1.165, 1.54) is 0 Å². The van der Waals surface area contributed by atoms with Crippen LogP contribution in [0.4, 0.5) is 5.82 Å². The van der Waals surface area contributed by atoms with E-state index in [2.05, 4.69) is 26.5 Å². The molecular weight excluding hydrogens is 214 g/mol. The Labute approximate surface area is 102 Å². The Balaban J connectivity index is 2.66. The fourth-order valence-corrected chi connectivity index (χ4v) is 1.47. The van der Waals surface area contributed by atoms with E-state index in [-0.39, 0.29) is 0 Å². The zero-order chi connectivity index (χ0) is 12.8. The van der Waals surface area contributed by atoms with Crippen LogP contribution in [0.25, 0.3) is 0 Å². The van der Waals surface area contributed by atoms with Crippen LogP contribution in [0.15, 0.2) is 0 Å². The number of hydrogen-bond acceptors (Lipinski definition) is 5. The SMILES string of the molecule is Cc1nnc(NCCCN(C)C)c(C#N)c1C. The van der Waals surface area contributed by atoms with Gasteiger partial charge in [0.05, 0.1) is 5.69 Å². The summed E-state index contributed by atoms with van der Waals surface area (Å²) < 4.78 is 0. The van der Waals surface area contributed by atoms with Gasteiger partial charge in [0, 0.05) is 6.54 Å². The number of anilines is 1. The van der Waals surface area contributed by atoms with Gasteiger partial charge in [-0.15, -0.1) is 5.10 Å². The van der Waals surface area contributed by atoms with Gasteiger partial charge in [-0.2, -0.15) is 10.4 Å². The van der Waals surface area contributed by atoms with Gasteiger partial charge in [0.2, 0.25) is 0 Å². The van der Waals surface area contributed by atoms with Crippen molar-refractivity contribution in [1.82, 2.24) is 15.1 Å². The summed E-state index contributed by atoms with van der Waals surface area (Å²) in [5, 5.41) is 20.3. The highest BCUT2D eigenvalue weighted by molar-refractivity contribution is 5.55. The zero-order valence-corrected chi connectivity index (χ0v) is 10.9. The molecular formula is C12H19N5. The van der Waals surface area contributed by atoms with Crippen LogP contribution >= 0.6 is 0 Å². The van der Waals surface area contributed by atoms with Crippen LogP contribution in [0.2, 0.25) is 0 Å². The van der Waals surface area contributed by atoms with E-state index in [0.29, 0.717) is 11.4 Å². The first-order chi connectivity index (χ1) is 8.06. The van der Waals surface area contributed by atoms with Gasteiger partial charge in [-0.1, -0.05) is 0 Å². The van der Waals surface area contributed by atoms with E-state index in [0.717, 1.165) is 30.8 Å². The minimum absolute atomic E-state index is 0.592. The standard InChI is InChI=1S/C12H19N5/c1-9-10(2)15-16-12(11(9)8-13)14-6-5-7-17(3)4/h5-7H2,1-4H3,(H,14,16). The van der Waals surface area contributed by atoms with Gasteiger partial charge in [0.15, 0.2) is 5.82 Å². The topological polar surface area (TPSA) is 64.8 Å². The van der Waals surface area contributed by atoms with Gasteiger partial charge >= 0.3 is 0 Å². The molecule has 0 fully saturated rings. The Morgan fingerprint density at radius 1 is 1.29 bits per heavy atom. The lowest BCUT2D eigenvalue weighted by molar-refractivity contribution is 0.405. The number of nitrogens with zero attached hydrogens (tertiary/aromatic N) is 4. The predicted molar refractivity (Wildman–Crippen MR) is 67.9 cm³/mol. The van der Waals surface area contributed by atoms with Crippen molar-refractivity contribution in [3.63, 3.8) is 0 Å². The lowest BCUT2D eigenvalue weighted by atomic mass is 10.1. The molecule has 0 aliphatic carbocycles. The molecule has 5 heteroatoms. The Morgan fingerprint density at radius 2 is 2.00 bits per heavy atom. The van der Waals surface area contributed by atoms with Gasteiger partial charge < -0.3 is 10.2 Å². The van der Waals surface area contributed by atoms with E-state index in [1.54, 1.807) is 0 Å². The smallest absolute Gasteiger partial charge is 0.166 e. The molecule has 0 spiro atoms. The maximum Gasteiger partial charge on any atom is 0.166 e. The van der Waals surface area contributed by atoms with Crippen LogP contribution in [0.3, 0.4) is 0 Å². The lowest BCUT2D eigenvalue weighted by Crippen LogP contribution is -2.17. The number of nitriles is 1. The summed E-state index contributed by atoms with van der Waals surface area (Å²) in [5.74, 6) is 0.592. The molecule has 0 amide bonds. The molecule has 0 bridgehead atoms. The highest BCUT2D eigenvalue weighted by atomic mass is 15.2. The first kappa shape index (κ1) is 13.4. The second-order valence-electron chi connectivity index (χ2n) is 4.33. The monoisotopic (exact) mass is 233 g/mol. The second-order valence-corrected chi connectivity index (χ2v) is 4.33. The third-order valence-corrected chi connectivity index (χ3v) is 2.64. The van der Waals surface area contributed by atoms with Gasteiger partial charge in [-0.25, -0.2) is 0 Å². The third-order valence-electron chi connectivity index (χ3n) is 2.64. The highest BCUT2D eigenvalue weighted by Crippen LogP contribution is 2.16. The van der Waals surface area contributed by atoms with Crippen LogP contribution in [-0.2, 0) is 0 Å². The largest absolute Gasteiger partial charge is 0.367 e. The summed E-state index contributed by atoms with van der Waals surface area (Å²) in [6.07, 6.45) is 1.01. The average molecular weight is 233 g/mol. The Hall–Kier alpha value is -1.67. The van der Waals surface area contributed by atoms with Gasteiger partial charge in [-0.05, 0) is 46.5 Å². The average Bonchev–Trinajstić information content (AvgIpc) is 2.29. The van der Waals surface area contributed by atoms with Crippen molar-refractivity contribution in [2.24, 2.45) is 0 Å². The molecule has 0 saturated heterocycles. The van der Waals surface area contributed by atoms with E-state index >= 15 is 0 Å². The summed E-state index contributed by atoms with van der Waals surface area (Å²) in [4.78, 5) is 2.12. The summed E-state index contributed by atoms with van der Waals surface area (Å²) >= 11 is 0.